The summed E-state index contributed by atoms with van der Waals surface area (Å²) in [5, 5.41) is 0. The summed E-state index contributed by atoms with van der Waals surface area (Å²) in [6.07, 6.45) is 31.5. The number of hydrogen-bond acceptors (Lipinski definition) is 4. The predicted octanol–water partition coefficient (Wildman–Crippen LogP) is 15.6. The van der Waals surface area contributed by atoms with Crippen LogP contribution in [0.2, 0.25) is 0 Å². The van der Waals surface area contributed by atoms with E-state index in [-0.39, 0.29) is 0 Å². The Morgan fingerprint density at radius 3 is 0.889 bits per heavy atom. The standard InChI is InChI=1S/C48H80O4S2/c1-5-9-13-17-21-31-41-53(45-35-27-25-28-36-45,42-32-22-18-14-10-6-2)51-47(49)39-40-48(50)52-54(46-37-29-26-30-38-46,43-33-23-19-15-11-7-3)44-34-24-20-16-12-8-4/h25-30,35-40H,5-24,31-34,41-44H2,1-4H3/b40-39-. The smallest absolute Gasteiger partial charge is 0.341 e. The first kappa shape index (κ1) is 48.0. The Morgan fingerprint density at radius 2 is 0.630 bits per heavy atom. The molecule has 0 heterocycles. The monoisotopic (exact) mass is 785 g/mol. The normalized spacial score (nSPS) is 12.6. The molecule has 2 aromatic carbocycles. The summed E-state index contributed by atoms with van der Waals surface area (Å²) in [5.74, 6) is 2.66. The lowest BCUT2D eigenvalue weighted by Crippen LogP contribution is -2.19. The Hall–Kier alpha value is -2.18. The molecule has 0 saturated carbocycles. The highest BCUT2D eigenvalue weighted by molar-refractivity contribution is 8.30. The highest BCUT2D eigenvalue weighted by Crippen LogP contribution is 2.59. The second kappa shape index (κ2) is 31.0. The van der Waals surface area contributed by atoms with E-state index in [1.54, 1.807) is 0 Å². The van der Waals surface area contributed by atoms with Crippen LogP contribution in [0.3, 0.4) is 0 Å². The third kappa shape index (κ3) is 20.1. The molecular weight excluding hydrogens is 705 g/mol. The van der Waals surface area contributed by atoms with Gasteiger partial charge >= 0.3 is 11.9 Å². The minimum absolute atomic E-state index is 0.421. The van der Waals surface area contributed by atoms with Crippen LogP contribution in [0.15, 0.2) is 82.6 Å². The SMILES string of the molecule is CCCCCCCCS(CCCCCCCC)(OC(=O)/C=C\C(=O)OS(CCCCCCCC)(CCCCCCCC)c1ccccc1)c1ccccc1. The number of unbranched alkanes of at least 4 members (excludes halogenated alkanes) is 20. The van der Waals surface area contributed by atoms with Gasteiger partial charge in [-0.3, -0.25) is 0 Å². The van der Waals surface area contributed by atoms with E-state index in [1.165, 1.54) is 115 Å². The van der Waals surface area contributed by atoms with Gasteiger partial charge in [-0.25, -0.2) is 9.59 Å². The minimum Gasteiger partial charge on any atom is -0.408 e. The fourth-order valence-electron chi connectivity index (χ4n) is 7.24. The Balaban J connectivity index is 2.29. The van der Waals surface area contributed by atoms with E-state index in [2.05, 4.69) is 76.2 Å². The van der Waals surface area contributed by atoms with Gasteiger partial charge in [0.2, 0.25) is 0 Å². The molecule has 0 atom stereocenters. The van der Waals surface area contributed by atoms with Crippen molar-refractivity contribution in [3.05, 3.63) is 72.8 Å². The van der Waals surface area contributed by atoms with Crippen molar-refractivity contribution in [1.82, 2.24) is 0 Å². The quantitative estimate of drug-likeness (QED) is 0.0524. The van der Waals surface area contributed by atoms with E-state index < -0.39 is 32.6 Å². The van der Waals surface area contributed by atoms with Crippen LogP contribution in [0, 0.1) is 0 Å². The molecule has 0 aliphatic rings. The highest BCUT2D eigenvalue weighted by Gasteiger charge is 2.32. The lowest BCUT2D eigenvalue weighted by Gasteiger charge is -2.39. The average molecular weight is 785 g/mol. The van der Waals surface area contributed by atoms with Crippen molar-refractivity contribution in [2.45, 2.75) is 192 Å². The van der Waals surface area contributed by atoms with Crippen LogP contribution in [-0.4, -0.2) is 35.0 Å². The summed E-state index contributed by atoms with van der Waals surface area (Å²) >= 11 is 0. The van der Waals surface area contributed by atoms with Crippen LogP contribution in [0.25, 0.3) is 0 Å². The second-order valence-electron chi connectivity index (χ2n) is 15.3. The molecule has 0 aliphatic carbocycles. The van der Waals surface area contributed by atoms with Crippen LogP contribution in [0.1, 0.15) is 182 Å². The summed E-state index contributed by atoms with van der Waals surface area (Å²) < 4.78 is 13.2. The van der Waals surface area contributed by atoms with Gasteiger partial charge in [0.15, 0.2) is 0 Å². The van der Waals surface area contributed by atoms with Gasteiger partial charge in [0, 0.05) is 45.0 Å². The predicted molar refractivity (Wildman–Crippen MR) is 239 cm³/mol. The van der Waals surface area contributed by atoms with Crippen LogP contribution < -0.4 is 0 Å². The van der Waals surface area contributed by atoms with Crippen molar-refractivity contribution in [3.63, 3.8) is 0 Å². The average Bonchev–Trinajstić information content (AvgIpc) is 3.19. The van der Waals surface area contributed by atoms with Gasteiger partial charge in [-0.05, 0) is 49.9 Å². The van der Waals surface area contributed by atoms with Gasteiger partial charge < -0.3 is 8.37 Å². The first-order chi connectivity index (χ1) is 26.4. The van der Waals surface area contributed by atoms with Crippen molar-refractivity contribution in [3.8, 4) is 0 Å². The maximum Gasteiger partial charge on any atom is 0.341 e. The lowest BCUT2D eigenvalue weighted by molar-refractivity contribution is -0.130. The van der Waals surface area contributed by atoms with Gasteiger partial charge in [0.25, 0.3) is 0 Å². The summed E-state index contributed by atoms with van der Waals surface area (Å²) in [4.78, 5) is 29.9. The van der Waals surface area contributed by atoms with Gasteiger partial charge in [0.05, 0.1) is 0 Å². The molecule has 6 heteroatoms. The topological polar surface area (TPSA) is 52.6 Å². The number of rotatable bonds is 34. The van der Waals surface area contributed by atoms with Crippen LogP contribution in [-0.2, 0) is 18.0 Å². The molecule has 0 spiro atoms. The van der Waals surface area contributed by atoms with E-state index in [4.69, 9.17) is 8.37 Å². The van der Waals surface area contributed by atoms with Gasteiger partial charge in [-0.15, -0.1) is 0 Å². The summed E-state index contributed by atoms with van der Waals surface area (Å²) in [6.45, 7) is 9.01. The lowest BCUT2D eigenvalue weighted by atomic mass is 10.1. The molecule has 0 unspecified atom stereocenters. The maximum atomic E-state index is 13.8. The number of benzene rings is 2. The third-order valence-corrected chi connectivity index (χ3v) is 17.5. The maximum absolute atomic E-state index is 13.8. The Labute approximate surface area is 336 Å². The number of carbonyl (C=O) groups is 2. The molecule has 54 heavy (non-hydrogen) atoms. The number of carbonyl (C=O) groups excluding carboxylic acids is 2. The van der Waals surface area contributed by atoms with E-state index in [9.17, 15) is 9.59 Å². The molecule has 4 nitrogen and oxygen atoms in total. The molecule has 0 aliphatic heterocycles. The van der Waals surface area contributed by atoms with Crippen LogP contribution in [0.4, 0.5) is 0 Å². The van der Waals surface area contributed by atoms with Crippen molar-refractivity contribution in [2.75, 3.05) is 23.0 Å². The highest BCUT2D eigenvalue weighted by atomic mass is 32.3. The fraction of sp³-hybridized carbons (Fsp3) is 0.667. The molecule has 0 radical (unpaired) electrons. The summed E-state index contributed by atoms with van der Waals surface area (Å²) in [5.41, 5.74) is 0. The number of hydrogen-bond donors (Lipinski definition) is 0. The van der Waals surface area contributed by atoms with Crippen molar-refractivity contribution in [2.24, 2.45) is 0 Å². The first-order valence-corrected chi connectivity index (χ1v) is 26.1. The molecule has 2 rings (SSSR count). The van der Waals surface area contributed by atoms with Crippen molar-refractivity contribution < 1.29 is 18.0 Å². The van der Waals surface area contributed by atoms with E-state index in [0.717, 1.165) is 84.2 Å². The molecule has 0 saturated heterocycles. The Morgan fingerprint density at radius 1 is 0.389 bits per heavy atom. The largest absolute Gasteiger partial charge is 0.408 e. The van der Waals surface area contributed by atoms with E-state index >= 15 is 0 Å². The molecule has 0 fully saturated rings. The molecular formula is C48H80O4S2. The molecule has 0 amide bonds. The van der Waals surface area contributed by atoms with Crippen molar-refractivity contribution in [1.29, 1.82) is 0 Å². The van der Waals surface area contributed by atoms with Gasteiger partial charge in [-0.2, -0.15) is 0 Å². The second-order valence-corrected chi connectivity index (χ2v) is 21.4. The molecule has 2 aromatic rings. The third-order valence-electron chi connectivity index (χ3n) is 10.5. The zero-order chi connectivity index (χ0) is 39.0. The van der Waals surface area contributed by atoms with E-state index in [1.807, 2.05) is 12.1 Å². The zero-order valence-electron chi connectivity index (χ0n) is 35.2. The summed E-state index contributed by atoms with van der Waals surface area (Å²) in [7, 11) is -3.75. The summed E-state index contributed by atoms with van der Waals surface area (Å²) in [6, 6.07) is 21.0. The Kier molecular flexibility index (Phi) is 27.5. The molecule has 0 bridgehead atoms. The van der Waals surface area contributed by atoms with Gasteiger partial charge in [-0.1, -0.05) is 213 Å². The minimum atomic E-state index is -1.88. The molecule has 0 aromatic heterocycles. The van der Waals surface area contributed by atoms with Crippen LogP contribution >= 0.6 is 20.6 Å². The fourth-order valence-corrected chi connectivity index (χ4v) is 13.8. The van der Waals surface area contributed by atoms with E-state index in [0.29, 0.717) is 0 Å². The first-order valence-electron chi connectivity index (χ1n) is 22.3. The molecule has 308 valence electrons. The van der Waals surface area contributed by atoms with Crippen molar-refractivity contribution >= 4 is 32.6 Å². The Bertz CT molecular complexity index is 1100. The van der Waals surface area contributed by atoms with Gasteiger partial charge in [0.1, 0.15) is 0 Å². The zero-order valence-corrected chi connectivity index (χ0v) is 36.8. The molecule has 0 N–H and O–H groups in total. The van der Waals surface area contributed by atoms with Crippen LogP contribution in [0.5, 0.6) is 0 Å².